The van der Waals surface area contributed by atoms with Crippen molar-refractivity contribution < 1.29 is 14.9 Å². The molecule has 1 rings (SSSR count). The summed E-state index contributed by atoms with van der Waals surface area (Å²) in [4.78, 5) is 0. The normalized spacial score (nSPS) is 12.5. The van der Waals surface area contributed by atoms with E-state index in [9.17, 15) is 5.11 Å². The molecule has 0 aliphatic heterocycles. The first-order valence-electron chi connectivity index (χ1n) is 4.17. The molecule has 72 valence electrons. The van der Waals surface area contributed by atoms with Gasteiger partial charge in [0.1, 0.15) is 11.5 Å². The topological polar surface area (TPSA) is 49.7 Å². The first kappa shape index (κ1) is 9.86. The maximum Gasteiger partial charge on any atom is 0.125 e. The number of hydrogen-bond acceptors (Lipinski definition) is 3. The molecule has 0 heterocycles. The maximum atomic E-state index is 9.18. The average molecular weight is 182 g/mol. The van der Waals surface area contributed by atoms with Crippen LogP contribution >= 0.6 is 0 Å². The summed E-state index contributed by atoms with van der Waals surface area (Å²) < 4.78 is 5.06. The smallest absolute Gasteiger partial charge is 0.125 e. The van der Waals surface area contributed by atoms with E-state index in [-0.39, 0.29) is 5.75 Å². The number of aliphatic hydroxyl groups excluding tert-OH is 1. The molecule has 0 saturated heterocycles. The Labute approximate surface area is 77.6 Å². The molecule has 3 heteroatoms. The second kappa shape index (κ2) is 4.14. The van der Waals surface area contributed by atoms with Gasteiger partial charge in [-0.1, -0.05) is 6.07 Å². The molecular formula is C10H14O3. The van der Waals surface area contributed by atoms with Crippen molar-refractivity contribution in [1.82, 2.24) is 0 Å². The van der Waals surface area contributed by atoms with Gasteiger partial charge in [0.2, 0.25) is 0 Å². The van der Waals surface area contributed by atoms with E-state index in [0.29, 0.717) is 12.2 Å². The molecule has 0 aliphatic rings. The van der Waals surface area contributed by atoms with Crippen molar-refractivity contribution in [2.24, 2.45) is 0 Å². The summed E-state index contributed by atoms with van der Waals surface area (Å²) in [7, 11) is 1.54. The van der Waals surface area contributed by atoms with Gasteiger partial charge in [0.15, 0.2) is 0 Å². The lowest BCUT2D eigenvalue weighted by Crippen LogP contribution is -2.05. The zero-order chi connectivity index (χ0) is 9.84. The van der Waals surface area contributed by atoms with E-state index in [1.54, 1.807) is 26.2 Å². The van der Waals surface area contributed by atoms with E-state index in [4.69, 9.17) is 9.84 Å². The largest absolute Gasteiger partial charge is 0.508 e. The third-order valence-corrected chi connectivity index (χ3v) is 1.79. The van der Waals surface area contributed by atoms with Gasteiger partial charge in [-0.2, -0.15) is 0 Å². The first-order chi connectivity index (χ1) is 6.13. The fraction of sp³-hybridized carbons (Fsp3) is 0.400. The van der Waals surface area contributed by atoms with Crippen molar-refractivity contribution in [3.05, 3.63) is 23.8 Å². The van der Waals surface area contributed by atoms with Gasteiger partial charge in [-0.05, 0) is 18.6 Å². The van der Waals surface area contributed by atoms with E-state index in [1.165, 1.54) is 6.07 Å². The Balaban J connectivity index is 2.92. The molecule has 3 nitrogen and oxygen atoms in total. The summed E-state index contributed by atoms with van der Waals surface area (Å²) in [6.07, 6.45) is 0.127. The van der Waals surface area contributed by atoms with Crippen LogP contribution in [-0.4, -0.2) is 23.4 Å². The highest BCUT2D eigenvalue weighted by atomic mass is 16.5. The number of phenols is 1. The zero-order valence-corrected chi connectivity index (χ0v) is 7.82. The fourth-order valence-corrected chi connectivity index (χ4v) is 1.22. The van der Waals surface area contributed by atoms with Crippen LogP contribution in [0.4, 0.5) is 0 Å². The highest BCUT2D eigenvalue weighted by Gasteiger charge is 2.06. The molecular weight excluding hydrogens is 168 g/mol. The molecule has 0 radical (unpaired) electrons. The standard InChI is InChI=1S/C10H14O3/c1-7(11)5-8-3-4-9(12)6-10(8)13-2/h3-4,6-7,11-12H,5H2,1-2H3/t7-/m0/s1. The van der Waals surface area contributed by atoms with Crippen LogP contribution in [0.1, 0.15) is 12.5 Å². The van der Waals surface area contributed by atoms with Crippen LogP contribution in [0, 0.1) is 0 Å². The molecule has 1 aromatic carbocycles. The third-order valence-electron chi connectivity index (χ3n) is 1.79. The summed E-state index contributed by atoms with van der Waals surface area (Å²) >= 11 is 0. The van der Waals surface area contributed by atoms with Crippen molar-refractivity contribution >= 4 is 0 Å². The highest BCUT2D eigenvalue weighted by Crippen LogP contribution is 2.24. The van der Waals surface area contributed by atoms with Gasteiger partial charge in [0, 0.05) is 12.5 Å². The number of aliphatic hydroxyl groups is 1. The van der Waals surface area contributed by atoms with E-state index in [2.05, 4.69) is 0 Å². The highest BCUT2D eigenvalue weighted by molar-refractivity contribution is 5.40. The third kappa shape index (κ3) is 2.63. The SMILES string of the molecule is COc1cc(O)ccc1C[C@H](C)O. The quantitative estimate of drug-likeness (QED) is 0.741. The maximum absolute atomic E-state index is 9.18. The molecule has 1 aromatic rings. The summed E-state index contributed by atoms with van der Waals surface area (Å²) in [6.45, 7) is 1.71. The van der Waals surface area contributed by atoms with E-state index in [0.717, 1.165) is 5.56 Å². The van der Waals surface area contributed by atoms with Crippen LogP contribution in [-0.2, 0) is 6.42 Å². The van der Waals surface area contributed by atoms with Crippen molar-refractivity contribution in [2.45, 2.75) is 19.4 Å². The van der Waals surface area contributed by atoms with E-state index in [1.807, 2.05) is 0 Å². The van der Waals surface area contributed by atoms with Crippen molar-refractivity contribution in [1.29, 1.82) is 0 Å². The number of ether oxygens (including phenoxy) is 1. The van der Waals surface area contributed by atoms with Gasteiger partial charge in [-0.3, -0.25) is 0 Å². The summed E-state index contributed by atoms with van der Waals surface area (Å²) in [5.41, 5.74) is 0.898. The monoisotopic (exact) mass is 182 g/mol. The lowest BCUT2D eigenvalue weighted by atomic mass is 10.1. The lowest BCUT2D eigenvalue weighted by Gasteiger charge is -2.09. The number of hydrogen-bond donors (Lipinski definition) is 2. The molecule has 1 atom stereocenters. The Morgan fingerprint density at radius 2 is 2.15 bits per heavy atom. The first-order valence-corrected chi connectivity index (χ1v) is 4.17. The van der Waals surface area contributed by atoms with Crippen LogP contribution in [0.2, 0.25) is 0 Å². The summed E-state index contributed by atoms with van der Waals surface area (Å²) in [5, 5.41) is 18.3. The molecule has 0 unspecified atom stereocenters. The van der Waals surface area contributed by atoms with Gasteiger partial charge in [0.25, 0.3) is 0 Å². The van der Waals surface area contributed by atoms with Gasteiger partial charge < -0.3 is 14.9 Å². The van der Waals surface area contributed by atoms with E-state index >= 15 is 0 Å². The minimum absolute atomic E-state index is 0.172. The zero-order valence-electron chi connectivity index (χ0n) is 7.82. The summed E-state index contributed by atoms with van der Waals surface area (Å²) in [6, 6.07) is 4.87. The molecule has 0 saturated carbocycles. The molecule has 0 spiro atoms. The number of aromatic hydroxyl groups is 1. The van der Waals surface area contributed by atoms with E-state index < -0.39 is 6.10 Å². The molecule has 0 bridgehead atoms. The Kier molecular flexibility index (Phi) is 3.14. The number of rotatable bonds is 3. The molecule has 2 N–H and O–H groups in total. The minimum atomic E-state index is -0.404. The van der Waals surface area contributed by atoms with Crippen LogP contribution in [0.3, 0.4) is 0 Å². The van der Waals surface area contributed by atoms with Crippen LogP contribution < -0.4 is 4.74 Å². The minimum Gasteiger partial charge on any atom is -0.508 e. The predicted octanol–water partition coefficient (Wildman–Crippen LogP) is 1.32. The van der Waals surface area contributed by atoms with Gasteiger partial charge in [-0.25, -0.2) is 0 Å². The van der Waals surface area contributed by atoms with Crippen LogP contribution in [0.25, 0.3) is 0 Å². The van der Waals surface area contributed by atoms with Crippen molar-refractivity contribution in [3.63, 3.8) is 0 Å². The Morgan fingerprint density at radius 3 is 2.69 bits per heavy atom. The Hall–Kier alpha value is -1.22. The molecule has 0 fully saturated rings. The molecule has 0 aliphatic carbocycles. The number of benzene rings is 1. The predicted molar refractivity (Wildman–Crippen MR) is 50.0 cm³/mol. The Bertz CT molecular complexity index is 281. The molecule has 0 aromatic heterocycles. The fourth-order valence-electron chi connectivity index (χ4n) is 1.22. The van der Waals surface area contributed by atoms with Crippen molar-refractivity contribution in [3.8, 4) is 11.5 Å². The van der Waals surface area contributed by atoms with Gasteiger partial charge in [0.05, 0.1) is 13.2 Å². The summed E-state index contributed by atoms with van der Waals surface area (Å²) in [5.74, 6) is 0.784. The Morgan fingerprint density at radius 1 is 1.46 bits per heavy atom. The van der Waals surface area contributed by atoms with Crippen molar-refractivity contribution in [2.75, 3.05) is 7.11 Å². The van der Waals surface area contributed by atoms with Crippen LogP contribution in [0.15, 0.2) is 18.2 Å². The second-order valence-electron chi connectivity index (χ2n) is 3.05. The van der Waals surface area contributed by atoms with Crippen LogP contribution in [0.5, 0.6) is 11.5 Å². The van der Waals surface area contributed by atoms with Gasteiger partial charge >= 0.3 is 0 Å². The average Bonchev–Trinajstić information content (AvgIpc) is 2.07. The molecule has 0 amide bonds. The second-order valence-corrected chi connectivity index (χ2v) is 3.05. The number of methoxy groups -OCH3 is 1. The lowest BCUT2D eigenvalue weighted by molar-refractivity contribution is 0.194. The van der Waals surface area contributed by atoms with Gasteiger partial charge in [-0.15, -0.1) is 0 Å². The molecule has 13 heavy (non-hydrogen) atoms. The number of phenolic OH excluding ortho intramolecular Hbond substituents is 1.